The molecule has 0 saturated heterocycles. The van der Waals surface area contributed by atoms with Gasteiger partial charge in [0.2, 0.25) is 0 Å². The van der Waals surface area contributed by atoms with Crippen molar-refractivity contribution in [2.75, 3.05) is 0 Å². The van der Waals surface area contributed by atoms with E-state index < -0.39 is 11.9 Å². The van der Waals surface area contributed by atoms with Gasteiger partial charge in [0.25, 0.3) is 0 Å². The van der Waals surface area contributed by atoms with E-state index in [2.05, 4.69) is 0 Å². The summed E-state index contributed by atoms with van der Waals surface area (Å²) in [7, 11) is 0. The summed E-state index contributed by atoms with van der Waals surface area (Å²) in [5.74, 6) is -1.76. The highest BCUT2D eigenvalue weighted by Crippen LogP contribution is 2.21. The minimum atomic E-state index is -0.879. The van der Waals surface area contributed by atoms with Crippen molar-refractivity contribution in [1.82, 2.24) is 0 Å². The van der Waals surface area contributed by atoms with Crippen molar-refractivity contribution in [2.45, 2.75) is 12.8 Å². The molecule has 0 atom stereocenters. The SMILES string of the molecule is O=C(O)Cc1ccc2c(CC(=O)O)cccc2c1. The van der Waals surface area contributed by atoms with E-state index >= 15 is 0 Å². The first-order valence-corrected chi connectivity index (χ1v) is 5.50. The first-order chi connectivity index (χ1) is 8.56. The third-order valence-electron chi connectivity index (χ3n) is 2.73. The molecule has 18 heavy (non-hydrogen) atoms. The molecule has 0 bridgehead atoms. The quantitative estimate of drug-likeness (QED) is 0.863. The van der Waals surface area contributed by atoms with Gasteiger partial charge in [-0.3, -0.25) is 9.59 Å². The highest BCUT2D eigenvalue weighted by molar-refractivity contribution is 5.89. The Bertz CT molecular complexity index is 616. The maximum atomic E-state index is 10.7. The van der Waals surface area contributed by atoms with Crippen LogP contribution in [0.4, 0.5) is 0 Å². The van der Waals surface area contributed by atoms with E-state index in [1.54, 1.807) is 30.3 Å². The Hall–Kier alpha value is -2.36. The van der Waals surface area contributed by atoms with E-state index in [0.717, 1.165) is 16.3 Å². The number of carboxylic acid groups (broad SMARTS) is 2. The average Bonchev–Trinajstić information content (AvgIpc) is 2.27. The second-order valence-corrected chi connectivity index (χ2v) is 4.11. The summed E-state index contributed by atoms with van der Waals surface area (Å²) in [5, 5.41) is 19.3. The predicted octanol–water partition coefficient (Wildman–Crippen LogP) is 2.09. The zero-order chi connectivity index (χ0) is 13.1. The van der Waals surface area contributed by atoms with Gasteiger partial charge >= 0.3 is 11.9 Å². The van der Waals surface area contributed by atoms with Crippen LogP contribution in [0.15, 0.2) is 36.4 Å². The molecule has 2 aromatic rings. The number of hydrogen-bond acceptors (Lipinski definition) is 2. The molecule has 0 radical (unpaired) electrons. The third-order valence-corrected chi connectivity index (χ3v) is 2.73. The van der Waals surface area contributed by atoms with Crippen molar-refractivity contribution in [1.29, 1.82) is 0 Å². The van der Waals surface area contributed by atoms with Crippen molar-refractivity contribution in [3.05, 3.63) is 47.5 Å². The lowest BCUT2D eigenvalue weighted by Crippen LogP contribution is -2.02. The van der Waals surface area contributed by atoms with Crippen LogP contribution in [0.2, 0.25) is 0 Å². The Labute approximate surface area is 103 Å². The zero-order valence-electron chi connectivity index (χ0n) is 9.59. The van der Waals surface area contributed by atoms with Crippen molar-refractivity contribution < 1.29 is 19.8 Å². The summed E-state index contributed by atoms with van der Waals surface area (Å²) in [6.45, 7) is 0. The van der Waals surface area contributed by atoms with Gasteiger partial charge in [-0.15, -0.1) is 0 Å². The molecule has 0 unspecified atom stereocenters. The number of carbonyl (C=O) groups is 2. The van der Waals surface area contributed by atoms with Gasteiger partial charge in [0.05, 0.1) is 12.8 Å². The molecule has 2 N–H and O–H groups in total. The number of carboxylic acids is 2. The van der Waals surface area contributed by atoms with E-state index in [4.69, 9.17) is 10.2 Å². The summed E-state index contributed by atoms with van der Waals surface area (Å²) in [5.41, 5.74) is 1.45. The van der Waals surface area contributed by atoms with E-state index in [9.17, 15) is 9.59 Å². The van der Waals surface area contributed by atoms with Gasteiger partial charge in [-0.25, -0.2) is 0 Å². The number of fused-ring (bicyclic) bond motifs is 1. The van der Waals surface area contributed by atoms with Crippen LogP contribution in [0.5, 0.6) is 0 Å². The number of aliphatic carboxylic acids is 2. The molecule has 4 heteroatoms. The van der Waals surface area contributed by atoms with Crippen LogP contribution >= 0.6 is 0 Å². The molecular formula is C14H12O4. The molecule has 0 aliphatic rings. The fourth-order valence-corrected chi connectivity index (χ4v) is 2.00. The Morgan fingerprint density at radius 2 is 1.67 bits per heavy atom. The maximum absolute atomic E-state index is 10.7. The Kier molecular flexibility index (Phi) is 3.28. The van der Waals surface area contributed by atoms with Gasteiger partial charge in [0.15, 0.2) is 0 Å². The van der Waals surface area contributed by atoms with E-state index in [0.29, 0.717) is 5.56 Å². The van der Waals surface area contributed by atoms with Crippen LogP contribution in [0, 0.1) is 0 Å². The van der Waals surface area contributed by atoms with E-state index in [1.807, 2.05) is 6.07 Å². The molecule has 4 nitrogen and oxygen atoms in total. The van der Waals surface area contributed by atoms with Crippen molar-refractivity contribution >= 4 is 22.7 Å². The molecule has 0 spiro atoms. The van der Waals surface area contributed by atoms with Crippen LogP contribution in [-0.2, 0) is 22.4 Å². The fraction of sp³-hybridized carbons (Fsp3) is 0.143. The fourth-order valence-electron chi connectivity index (χ4n) is 2.00. The van der Waals surface area contributed by atoms with Gasteiger partial charge in [-0.2, -0.15) is 0 Å². The van der Waals surface area contributed by atoms with Crippen molar-refractivity contribution in [3.63, 3.8) is 0 Å². The molecule has 0 amide bonds. The minimum Gasteiger partial charge on any atom is -0.481 e. The summed E-state index contributed by atoms with van der Waals surface area (Å²) >= 11 is 0. The Morgan fingerprint density at radius 3 is 2.33 bits per heavy atom. The first kappa shape index (κ1) is 12.1. The molecule has 2 aromatic carbocycles. The van der Waals surface area contributed by atoms with Crippen molar-refractivity contribution in [3.8, 4) is 0 Å². The summed E-state index contributed by atoms with van der Waals surface area (Å²) in [4.78, 5) is 21.4. The number of benzene rings is 2. The lowest BCUT2D eigenvalue weighted by atomic mass is 9.99. The standard InChI is InChI=1S/C14H12O4/c15-13(16)7-9-4-5-12-10(6-9)2-1-3-11(12)8-14(17)18/h1-6H,7-8H2,(H,15,16)(H,17,18). The smallest absolute Gasteiger partial charge is 0.307 e. The van der Waals surface area contributed by atoms with Crippen LogP contribution < -0.4 is 0 Å². The van der Waals surface area contributed by atoms with Gasteiger partial charge in [0, 0.05) is 0 Å². The van der Waals surface area contributed by atoms with Gasteiger partial charge in [-0.1, -0.05) is 36.4 Å². The van der Waals surface area contributed by atoms with E-state index in [1.165, 1.54) is 0 Å². The lowest BCUT2D eigenvalue weighted by Gasteiger charge is -2.06. The minimum absolute atomic E-state index is 0.0287. The molecular weight excluding hydrogens is 232 g/mol. The monoisotopic (exact) mass is 244 g/mol. The zero-order valence-corrected chi connectivity index (χ0v) is 9.59. The number of hydrogen-bond donors (Lipinski definition) is 2. The summed E-state index contributed by atoms with van der Waals surface area (Å²) in [6, 6.07) is 10.7. The molecule has 92 valence electrons. The largest absolute Gasteiger partial charge is 0.481 e. The molecule has 0 aromatic heterocycles. The van der Waals surface area contributed by atoms with Crippen LogP contribution in [-0.4, -0.2) is 22.2 Å². The van der Waals surface area contributed by atoms with E-state index in [-0.39, 0.29) is 12.8 Å². The second-order valence-electron chi connectivity index (χ2n) is 4.11. The topological polar surface area (TPSA) is 74.6 Å². The molecule has 0 saturated carbocycles. The van der Waals surface area contributed by atoms with Gasteiger partial charge in [0.1, 0.15) is 0 Å². The molecule has 0 aliphatic carbocycles. The van der Waals surface area contributed by atoms with Crippen LogP contribution in [0.1, 0.15) is 11.1 Å². The van der Waals surface area contributed by atoms with Crippen molar-refractivity contribution in [2.24, 2.45) is 0 Å². The van der Waals surface area contributed by atoms with Crippen LogP contribution in [0.25, 0.3) is 10.8 Å². The maximum Gasteiger partial charge on any atom is 0.307 e. The normalized spacial score (nSPS) is 10.4. The predicted molar refractivity (Wildman–Crippen MR) is 66.6 cm³/mol. The Balaban J connectivity index is 2.46. The average molecular weight is 244 g/mol. The van der Waals surface area contributed by atoms with Crippen LogP contribution in [0.3, 0.4) is 0 Å². The Morgan fingerprint density at radius 1 is 0.944 bits per heavy atom. The first-order valence-electron chi connectivity index (χ1n) is 5.50. The highest BCUT2D eigenvalue weighted by Gasteiger charge is 2.07. The summed E-state index contributed by atoms with van der Waals surface area (Å²) in [6.07, 6.45) is -0.0608. The summed E-state index contributed by atoms with van der Waals surface area (Å²) < 4.78 is 0. The second kappa shape index (κ2) is 4.87. The molecule has 0 heterocycles. The third kappa shape index (κ3) is 2.66. The molecule has 2 rings (SSSR count). The molecule has 0 fully saturated rings. The number of rotatable bonds is 4. The lowest BCUT2D eigenvalue weighted by molar-refractivity contribution is -0.137. The molecule has 0 aliphatic heterocycles. The van der Waals surface area contributed by atoms with Gasteiger partial charge in [-0.05, 0) is 21.9 Å². The van der Waals surface area contributed by atoms with Gasteiger partial charge < -0.3 is 10.2 Å². The highest BCUT2D eigenvalue weighted by atomic mass is 16.4.